The molecule has 1 aliphatic heterocycles. The molecule has 3 nitrogen and oxygen atoms in total. The first kappa shape index (κ1) is 10.2. The molecule has 1 aromatic rings. The smallest absolute Gasteiger partial charge is 0.244 e. The molecule has 1 saturated heterocycles. The van der Waals surface area contributed by atoms with E-state index in [0.29, 0.717) is 0 Å². The molecule has 1 heterocycles. The molecule has 0 aliphatic carbocycles. The molecule has 1 aliphatic rings. The van der Waals surface area contributed by atoms with Gasteiger partial charge in [-0.05, 0) is 24.5 Å². The van der Waals surface area contributed by atoms with E-state index in [-0.39, 0.29) is 5.91 Å². The summed E-state index contributed by atoms with van der Waals surface area (Å²) >= 11 is 0. The van der Waals surface area contributed by atoms with E-state index in [1.54, 1.807) is 6.07 Å². The van der Waals surface area contributed by atoms with Crippen molar-refractivity contribution in [1.82, 2.24) is 4.90 Å². The zero-order chi connectivity index (χ0) is 10.7. The van der Waals surface area contributed by atoms with Crippen LogP contribution in [0.1, 0.15) is 24.4 Å². The Morgan fingerprint density at radius 1 is 1.40 bits per heavy atom. The van der Waals surface area contributed by atoms with Crippen LogP contribution in [0, 0.1) is 6.07 Å². The van der Waals surface area contributed by atoms with Crippen LogP contribution in [0.25, 0.3) is 0 Å². The highest BCUT2D eigenvalue weighted by molar-refractivity contribution is 5.83. The SMILES string of the molecule is NC(C(=O)N1CCCC1)c1[c]cccc1. The van der Waals surface area contributed by atoms with Gasteiger partial charge in [0, 0.05) is 13.1 Å². The molecule has 0 bridgehead atoms. The third-order valence-corrected chi connectivity index (χ3v) is 2.75. The van der Waals surface area contributed by atoms with Crippen LogP contribution in [0.5, 0.6) is 0 Å². The first-order valence-electron chi connectivity index (χ1n) is 5.30. The van der Waals surface area contributed by atoms with Gasteiger partial charge in [-0.3, -0.25) is 4.79 Å². The maximum absolute atomic E-state index is 11.9. The molecule has 1 atom stereocenters. The predicted molar refractivity (Wildman–Crippen MR) is 58.0 cm³/mol. The molecule has 15 heavy (non-hydrogen) atoms. The summed E-state index contributed by atoms with van der Waals surface area (Å²) in [6, 6.07) is 9.83. The van der Waals surface area contributed by atoms with Crippen LogP contribution in [-0.2, 0) is 4.79 Å². The maximum atomic E-state index is 11.9. The Balaban J connectivity index is 2.07. The zero-order valence-corrected chi connectivity index (χ0v) is 8.65. The lowest BCUT2D eigenvalue weighted by Gasteiger charge is -2.20. The predicted octanol–water partition coefficient (Wildman–Crippen LogP) is 1.11. The average Bonchev–Trinajstić information content (AvgIpc) is 2.82. The minimum Gasteiger partial charge on any atom is -0.341 e. The molecule has 2 N–H and O–H groups in total. The average molecular weight is 203 g/mol. The molecular formula is C12H15N2O. The Morgan fingerprint density at radius 3 is 2.73 bits per heavy atom. The summed E-state index contributed by atoms with van der Waals surface area (Å²) in [6.07, 6.45) is 2.19. The Labute approximate surface area is 89.9 Å². The number of benzene rings is 1. The highest BCUT2D eigenvalue weighted by Gasteiger charge is 2.24. The second kappa shape index (κ2) is 4.45. The molecule has 0 saturated carbocycles. The van der Waals surface area contributed by atoms with Crippen molar-refractivity contribution in [3.8, 4) is 0 Å². The number of likely N-dealkylation sites (tertiary alicyclic amines) is 1. The minimum atomic E-state index is -0.552. The van der Waals surface area contributed by atoms with Gasteiger partial charge in [-0.2, -0.15) is 0 Å². The van der Waals surface area contributed by atoms with Gasteiger partial charge in [0.2, 0.25) is 5.91 Å². The number of hydrogen-bond acceptors (Lipinski definition) is 2. The van der Waals surface area contributed by atoms with E-state index < -0.39 is 6.04 Å². The molecular weight excluding hydrogens is 188 g/mol. The minimum absolute atomic E-state index is 0.0231. The van der Waals surface area contributed by atoms with Crippen molar-refractivity contribution in [3.05, 3.63) is 35.9 Å². The molecule has 1 amide bonds. The van der Waals surface area contributed by atoms with Crippen molar-refractivity contribution in [2.45, 2.75) is 18.9 Å². The summed E-state index contributed by atoms with van der Waals surface area (Å²) in [5.74, 6) is 0.0231. The van der Waals surface area contributed by atoms with Crippen molar-refractivity contribution in [2.24, 2.45) is 5.73 Å². The van der Waals surface area contributed by atoms with Crippen LogP contribution >= 0.6 is 0 Å². The Morgan fingerprint density at radius 2 is 2.13 bits per heavy atom. The van der Waals surface area contributed by atoms with Crippen LogP contribution in [0.2, 0.25) is 0 Å². The summed E-state index contributed by atoms with van der Waals surface area (Å²) in [5, 5.41) is 0. The molecule has 79 valence electrons. The molecule has 3 heteroatoms. The van der Waals surface area contributed by atoms with Gasteiger partial charge in [-0.1, -0.05) is 24.3 Å². The summed E-state index contributed by atoms with van der Waals surface area (Å²) in [7, 11) is 0. The van der Waals surface area contributed by atoms with Crippen LogP contribution in [-0.4, -0.2) is 23.9 Å². The van der Waals surface area contributed by atoms with Crippen molar-refractivity contribution in [1.29, 1.82) is 0 Å². The van der Waals surface area contributed by atoms with E-state index in [4.69, 9.17) is 5.73 Å². The van der Waals surface area contributed by atoms with Gasteiger partial charge in [0.1, 0.15) is 6.04 Å². The number of nitrogens with zero attached hydrogens (tertiary/aromatic N) is 1. The lowest BCUT2D eigenvalue weighted by atomic mass is 10.1. The second-order valence-electron chi connectivity index (χ2n) is 3.83. The summed E-state index contributed by atoms with van der Waals surface area (Å²) in [5.41, 5.74) is 6.67. The van der Waals surface area contributed by atoms with Crippen LogP contribution < -0.4 is 5.73 Å². The number of rotatable bonds is 2. The number of amides is 1. The van der Waals surface area contributed by atoms with Gasteiger partial charge in [0.25, 0.3) is 0 Å². The van der Waals surface area contributed by atoms with Gasteiger partial charge in [-0.15, -0.1) is 0 Å². The van der Waals surface area contributed by atoms with E-state index in [2.05, 4.69) is 6.07 Å². The van der Waals surface area contributed by atoms with E-state index >= 15 is 0 Å². The van der Waals surface area contributed by atoms with Crippen molar-refractivity contribution >= 4 is 5.91 Å². The zero-order valence-electron chi connectivity index (χ0n) is 8.65. The molecule has 1 radical (unpaired) electrons. The molecule has 1 unspecified atom stereocenters. The van der Waals surface area contributed by atoms with Crippen molar-refractivity contribution in [2.75, 3.05) is 13.1 Å². The standard InChI is InChI=1S/C12H15N2O/c13-11(10-6-2-1-3-7-10)12(15)14-8-4-5-9-14/h1-3,6,11H,4-5,8-9,13H2. The van der Waals surface area contributed by atoms with Crippen molar-refractivity contribution in [3.63, 3.8) is 0 Å². The highest BCUT2D eigenvalue weighted by atomic mass is 16.2. The quantitative estimate of drug-likeness (QED) is 0.782. The molecule has 1 fully saturated rings. The number of carbonyl (C=O) groups is 1. The lowest BCUT2D eigenvalue weighted by Crippen LogP contribution is -2.36. The van der Waals surface area contributed by atoms with Gasteiger partial charge in [-0.25, -0.2) is 0 Å². The van der Waals surface area contributed by atoms with Gasteiger partial charge in [0.15, 0.2) is 0 Å². The number of nitrogens with two attached hydrogens (primary N) is 1. The normalized spacial score (nSPS) is 17.8. The fourth-order valence-corrected chi connectivity index (χ4v) is 1.87. The van der Waals surface area contributed by atoms with Crippen LogP contribution in [0.4, 0.5) is 0 Å². The first-order valence-corrected chi connectivity index (χ1v) is 5.30. The second-order valence-corrected chi connectivity index (χ2v) is 3.83. The summed E-state index contributed by atoms with van der Waals surface area (Å²) < 4.78 is 0. The Bertz CT molecular complexity index is 331. The van der Waals surface area contributed by atoms with Gasteiger partial charge in [0.05, 0.1) is 0 Å². The van der Waals surface area contributed by atoms with E-state index in [1.165, 1.54) is 0 Å². The summed E-state index contributed by atoms with van der Waals surface area (Å²) in [6.45, 7) is 1.69. The fraction of sp³-hybridized carbons (Fsp3) is 0.417. The Kier molecular flexibility index (Phi) is 3.02. The van der Waals surface area contributed by atoms with Gasteiger partial charge < -0.3 is 10.6 Å². The topological polar surface area (TPSA) is 46.3 Å². The first-order chi connectivity index (χ1) is 7.29. The molecule has 2 rings (SSSR count). The third kappa shape index (κ3) is 2.18. The monoisotopic (exact) mass is 203 g/mol. The van der Waals surface area contributed by atoms with Crippen LogP contribution in [0.15, 0.2) is 24.3 Å². The van der Waals surface area contributed by atoms with E-state index in [1.807, 2.05) is 23.1 Å². The third-order valence-electron chi connectivity index (χ3n) is 2.75. The van der Waals surface area contributed by atoms with Crippen molar-refractivity contribution < 1.29 is 4.79 Å². The Hall–Kier alpha value is -1.35. The highest BCUT2D eigenvalue weighted by Crippen LogP contribution is 2.16. The fourth-order valence-electron chi connectivity index (χ4n) is 1.87. The molecule has 1 aromatic carbocycles. The lowest BCUT2D eigenvalue weighted by molar-refractivity contribution is -0.131. The largest absolute Gasteiger partial charge is 0.341 e. The number of carbonyl (C=O) groups excluding carboxylic acids is 1. The summed E-state index contributed by atoms with van der Waals surface area (Å²) in [4.78, 5) is 13.8. The van der Waals surface area contributed by atoms with Crippen LogP contribution in [0.3, 0.4) is 0 Å². The van der Waals surface area contributed by atoms with E-state index in [0.717, 1.165) is 31.5 Å². The van der Waals surface area contributed by atoms with E-state index in [9.17, 15) is 4.79 Å². The number of hydrogen-bond donors (Lipinski definition) is 1. The molecule has 0 spiro atoms. The maximum Gasteiger partial charge on any atom is 0.244 e. The van der Waals surface area contributed by atoms with Gasteiger partial charge >= 0.3 is 0 Å². The molecule has 0 aromatic heterocycles.